The van der Waals surface area contributed by atoms with Crippen molar-refractivity contribution >= 4 is 23.0 Å². The topological polar surface area (TPSA) is 93.4 Å². The molecule has 8 nitrogen and oxygen atoms in total. The molecule has 8 heteroatoms. The Hall–Kier alpha value is -3.52. The number of benzene rings is 1. The fraction of sp³-hybridized carbons (Fsp3) is 0.360. The molecule has 1 aliphatic carbocycles. The van der Waals surface area contributed by atoms with Crippen molar-refractivity contribution in [2.75, 3.05) is 36.5 Å². The molecule has 1 saturated carbocycles. The van der Waals surface area contributed by atoms with Gasteiger partial charge in [0.25, 0.3) is 0 Å². The molecule has 1 saturated heterocycles. The molecule has 0 unspecified atom stereocenters. The Morgan fingerprint density at radius 1 is 1.00 bits per heavy atom. The molecule has 33 heavy (non-hydrogen) atoms. The maximum absolute atomic E-state index is 11.6. The van der Waals surface area contributed by atoms with Gasteiger partial charge in [-0.2, -0.15) is 0 Å². The molecule has 1 N–H and O–H groups in total. The Balaban J connectivity index is 1.42. The highest BCUT2D eigenvalue weighted by Crippen LogP contribution is 2.43. The summed E-state index contributed by atoms with van der Waals surface area (Å²) in [6.07, 6.45) is 3.66. The van der Waals surface area contributed by atoms with Gasteiger partial charge < -0.3 is 15.0 Å². The molecule has 1 aromatic carbocycles. The van der Waals surface area contributed by atoms with Crippen molar-refractivity contribution in [1.29, 1.82) is 0 Å². The third-order valence-corrected chi connectivity index (χ3v) is 6.70. The van der Waals surface area contributed by atoms with Crippen LogP contribution < -0.4 is 10.2 Å². The predicted molar refractivity (Wildman–Crippen MR) is 128 cm³/mol. The summed E-state index contributed by atoms with van der Waals surface area (Å²) < 4.78 is 5.43. The largest absolute Gasteiger partial charge is 0.378 e. The van der Waals surface area contributed by atoms with Crippen molar-refractivity contribution in [2.24, 2.45) is 0 Å². The smallest absolute Gasteiger partial charge is 0.311 e. The molecule has 0 radical (unpaired) electrons. The maximum atomic E-state index is 11.6. The average molecular weight is 446 g/mol. The van der Waals surface area contributed by atoms with E-state index in [-0.39, 0.29) is 16.9 Å². The third-order valence-electron chi connectivity index (χ3n) is 6.70. The molecular formula is C25H27N5O3. The highest BCUT2D eigenvalue weighted by atomic mass is 16.6. The number of nitrogens with zero attached hydrogens (tertiary/aromatic N) is 4. The van der Waals surface area contributed by atoms with E-state index >= 15 is 0 Å². The highest BCUT2D eigenvalue weighted by molar-refractivity contribution is 5.70. The zero-order valence-corrected chi connectivity index (χ0v) is 18.7. The van der Waals surface area contributed by atoms with Crippen LogP contribution in [0.15, 0.2) is 54.6 Å². The van der Waals surface area contributed by atoms with Crippen molar-refractivity contribution in [3.63, 3.8) is 0 Å². The maximum Gasteiger partial charge on any atom is 0.311 e. The summed E-state index contributed by atoms with van der Waals surface area (Å²) in [6.45, 7) is 5.20. The standard InChI is InChI=1S/C25H27N5O3/c1-25(12-3-13-25)18-6-8-19(9-7-18)26-24-22(30(31)32)11-10-21(28-24)20-4-2-5-23(27-20)29-14-16-33-17-15-29/h2,4-11H,3,12-17H2,1H3,(H,26,28). The molecule has 1 aliphatic heterocycles. The minimum Gasteiger partial charge on any atom is -0.378 e. The number of aromatic nitrogens is 2. The van der Waals surface area contributed by atoms with Crippen LogP contribution in [0.25, 0.3) is 11.4 Å². The van der Waals surface area contributed by atoms with Gasteiger partial charge in [0.15, 0.2) is 0 Å². The van der Waals surface area contributed by atoms with Gasteiger partial charge in [-0.05, 0) is 54.2 Å². The molecule has 0 atom stereocenters. The fourth-order valence-electron chi connectivity index (χ4n) is 4.46. The number of pyridine rings is 2. The SMILES string of the molecule is CC1(c2ccc(Nc3nc(-c4cccc(N5CCOCC5)n4)ccc3[N+](=O)[O-])cc2)CCC1. The van der Waals surface area contributed by atoms with Crippen molar-refractivity contribution in [1.82, 2.24) is 9.97 Å². The van der Waals surface area contributed by atoms with Crippen molar-refractivity contribution in [3.05, 3.63) is 70.3 Å². The molecule has 170 valence electrons. The molecule has 3 aromatic rings. The Morgan fingerprint density at radius 2 is 1.73 bits per heavy atom. The first-order valence-corrected chi connectivity index (χ1v) is 11.3. The van der Waals surface area contributed by atoms with E-state index in [1.54, 1.807) is 6.07 Å². The van der Waals surface area contributed by atoms with E-state index in [0.717, 1.165) is 24.6 Å². The van der Waals surface area contributed by atoms with E-state index in [1.807, 2.05) is 30.3 Å². The van der Waals surface area contributed by atoms with E-state index < -0.39 is 4.92 Å². The molecule has 5 rings (SSSR count). The van der Waals surface area contributed by atoms with Crippen LogP contribution in [-0.2, 0) is 10.2 Å². The summed E-state index contributed by atoms with van der Waals surface area (Å²) in [4.78, 5) is 22.7. The Morgan fingerprint density at radius 3 is 2.39 bits per heavy atom. The minimum absolute atomic E-state index is 0.0712. The molecule has 0 amide bonds. The zero-order chi connectivity index (χ0) is 22.8. The Labute approximate surface area is 192 Å². The van der Waals surface area contributed by atoms with Crippen molar-refractivity contribution in [2.45, 2.75) is 31.6 Å². The monoisotopic (exact) mass is 445 g/mol. The lowest BCUT2D eigenvalue weighted by atomic mass is 9.66. The molecular weight excluding hydrogens is 418 g/mol. The van der Waals surface area contributed by atoms with Gasteiger partial charge in [-0.3, -0.25) is 10.1 Å². The zero-order valence-electron chi connectivity index (χ0n) is 18.7. The molecule has 0 bridgehead atoms. The van der Waals surface area contributed by atoms with Gasteiger partial charge >= 0.3 is 5.69 Å². The number of morpholine rings is 1. The van der Waals surface area contributed by atoms with Crippen molar-refractivity contribution < 1.29 is 9.66 Å². The number of hydrogen-bond donors (Lipinski definition) is 1. The first-order chi connectivity index (χ1) is 16.0. The minimum atomic E-state index is -0.416. The number of hydrogen-bond acceptors (Lipinski definition) is 7. The van der Waals surface area contributed by atoms with Crippen LogP contribution in [0.5, 0.6) is 0 Å². The van der Waals surface area contributed by atoms with E-state index in [2.05, 4.69) is 34.3 Å². The average Bonchev–Trinajstić information content (AvgIpc) is 2.83. The van der Waals surface area contributed by atoms with Gasteiger partial charge in [-0.15, -0.1) is 0 Å². The highest BCUT2D eigenvalue weighted by Gasteiger charge is 2.33. The van der Waals surface area contributed by atoms with E-state index in [0.29, 0.717) is 24.6 Å². The molecule has 0 spiro atoms. The van der Waals surface area contributed by atoms with Gasteiger partial charge in [0, 0.05) is 24.8 Å². The Bertz CT molecular complexity index is 1150. The van der Waals surface area contributed by atoms with Crippen LogP contribution in [0.1, 0.15) is 31.7 Å². The van der Waals surface area contributed by atoms with Crippen LogP contribution in [-0.4, -0.2) is 41.2 Å². The second kappa shape index (κ2) is 8.78. The van der Waals surface area contributed by atoms with Gasteiger partial charge in [0.2, 0.25) is 5.82 Å². The molecule has 2 aliphatic rings. The summed E-state index contributed by atoms with van der Waals surface area (Å²) in [5.74, 6) is 1.06. The number of rotatable bonds is 6. The number of nitrogens with one attached hydrogen (secondary N) is 1. The number of nitro groups is 1. The van der Waals surface area contributed by atoms with Crippen LogP contribution in [0.2, 0.25) is 0 Å². The van der Waals surface area contributed by atoms with Crippen LogP contribution >= 0.6 is 0 Å². The summed E-state index contributed by atoms with van der Waals surface area (Å²) >= 11 is 0. The van der Waals surface area contributed by atoms with Gasteiger partial charge in [-0.25, -0.2) is 9.97 Å². The van der Waals surface area contributed by atoms with E-state index in [4.69, 9.17) is 9.72 Å². The van der Waals surface area contributed by atoms with Gasteiger partial charge in [-0.1, -0.05) is 31.5 Å². The Kier molecular flexibility index (Phi) is 5.68. The first kappa shape index (κ1) is 21.3. The summed E-state index contributed by atoms with van der Waals surface area (Å²) in [7, 11) is 0. The first-order valence-electron chi connectivity index (χ1n) is 11.3. The number of anilines is 3. The van der Waals surface area contributed by atoms with Crippen LogP contribution in [0.3, 0.4) is 0 Å². The second-order valence-corrected chi connectivity index (χ2v) is 8.92. The van der Waals surface area contributed by atoms with Gasteiger partial charge in [0.1, 0.15) is 5.82 Å². The van der Waals surface area contributed by atoms with Crippen LogP contribution in [0, 0.1) is 10.1 Å². The normalized spacial score (nSPS) is 17.3. The summed E-state index contributed by atoms with van der Waals surface area (Å²) in [5.41, 5.74) is 3.50. The third kappa shape index (κ3) is 4.39. The lowest BCUT2D eigenvalue weighted by Crippen LogP contribution is -2.36. The summed E-state index contributed by atoms with van der Waals surface area (Å²) in [5, 5.41) is 14.8. The van der Waals surface area contributed by atoms with Crippen LogP contribution in [0.4, 0.5) is 23.0 Å². The van der Waals surface area contributed by atoms with Gasteiger partial charge in [0.05, 0.1) is 29.5 Å². The number of ether oxygens (including phenoxy) is 1. The molecule has 3 heterocycles. The fourth-order valence-corrected chi connectivity index (χ4v) is 4.46. The lowest BCUT2D eigenvalue weighted by molar-refractivity contribution is -0.384. The summed E-state index contributed by atoms with van der Waals surface area (Å²) in [6, 6.07) is 17.0. The second-order valence-electron chi connectivity index (χ2n) is 8.92. The lowest BCUT2D eigenvalue weighted by Gasteiger charge is -2.39. The predicted octanol–water partition coefficient (Wildman–Crippen LogP) is 5.07. The molecule has 2 aromatic heterocycles. The molecule has 2 fully saturated rings. The quantitative estimate of drug-likeness (QED) is 0.418. The van der Waals surface area contributed by atoms with E-state index in [1.165, 1.54) is 30.9 Å². The van der Waals surface area contributed by atoms with E-state index in [9.17, 15) is 10.1 Å². The van der Waals surface area contributed by atoms with Crippen molar-refractivity contribution in [3.8, 4) is 11.4 Å².